The van der Waals surface area contributed by atoms with E-state index in [-0.39, 0.29) is 6.04 Å². The van der Waals surface area contributed by atoms with Crippen LogP contribution in [0.25, 0.3) is 0 Å². The van der Waals surface area contributed by atoms with E-state index in [9.17, 15) is 0 Å². The van der Waals surface area contributed by atoms with Gasteiger partial charge in [0.2, 0.25) is 0 Å². The van der Waals surface area contributed by atoms with Crippen LogP contribution in [0.1, 0.15) is 24.9 Å². The summed E-state index contributed by atoms with van der Waals surface area (Å²) < 4.78 is 1.10. The minimum absolute atomic E-state index is 0.174. The summed E-state index contributed by atoms with van der Waals surface area (Å²) in [6, 6.07) is 8.31. The van der Waals surface area contributed by atoms with Crippen molar-refractivity contribution in [2.75, 3.05) is 0 Å². The van der Waals surface area contributed by atoms with E-state index >= 15 is 0 Å². The number of benzene rings is 1. The summed E-state index contributed by atoms with van der Waals surface area (Å²) in [5.74, 6) is 0. The standard InChI is InChI=1S/C9H12BrN/c1-2-9(11)7-4-3-5-8(10)6-7/h3-6,9H,2,11H2,1H3. The molecule has 0 aliphatic rings. The Morgan fingerprint density at radius 3 is 2.82 bits per heavy atom. The average Bonchev–Trinajstić information content (AvgIpc) is 2.03. The minimum atomic E-state index is 0.174. The van der Waals surface area contributed by atoms with Crippen LogP contribution in [0.5, 0.6) is 0 Å². The fourth-order valence-electron chi connectivity index (χ4n) is 0.973. The zero-order valence-electron chi connectivity index (χ0n) is 6.55. The molecule has 1 aromatic carbocycles. The first kappa shape index (κ1) is 8.75. The number of halogens is 1. The molecule has 0 radical (unpaired) electrons. The predicted octanol–water partition coefficient (Wildman–Crippen LogP) is 2.86. The Balaban J connectivity index is 2.86. The summed E-state index contributed by atoms with van der Waals surface area (Å²) in [6.07, 6.45) is 0.983. The van der Waals surface area contributed by atoms with Crippen LogP contribution in [0, 0.1) is 0 Å². The van der Waals surface area contributed by atoms with E-state index in [0.717, 1.165) is 10.9 Å². The molecule has 0 amide bonds. The van der Waals surface area contributed by atoms with Crippen LogP contribution < -0.4 is 5.73 Å². The van der Waals surface area contributed by atoms with Gasteiger partial charge >= 0.3 is 0 Å². The lowest BCUT2D eigenvalue weighted by Crippen LogP contribution is -2.07. The monoisotopic (exact) mass is 213 g/mol. The molecule has 1 nitrogen and oxygen atoms in total. The number of hydrogen-bond acceptors (Lipinski definition) is 1. The lowest BCUT2D eigenvalue weighted by molar-refractivity contribution is 0.698. The topological polar surface area (TPSA) is 26.0 Å². The number of rotatable bonds is 2. The Bertz CT molecular complexity index is 235. The van der Waals surface area contributed by atoms with Gasteiger partial charge in [-0.15, -0.1) is 0 Å². The summed E-state index contributed by atoms with van der Waals surface area (Å²) in [6.45, 7) is 2.09. The Kier molecular flexibility index (Phi) is 3.09. The van der Waals surface area contributed by atoms with Crippen molar-refractivity contribution < 1.29 is 0 Å². The van der Waals surface area contributed by atoms with Gasteiger partial charge in [0.25, 0.3) is 0 Å². The highest BCUT2D eigenvalue weighted by Gasteiger charge is 2.01. The van der Waals surface area contributed by atoms with Gasteiger partial charge in [0.15, 0.2) is 0 Å². The summed E-state index contributed by atoms with van der Waals surface area (Å²) in [4.78, 5) is 0. The average molecular weight is 214 g/mol. The van der Waals surface area contributed by atoms with Crippen LogP contribution in [-0.2, 0) is 0 Å². The van der Waals surface area contributed by atoms with Crippen molar-refractivity contribution in [3.8, 4) is 0 Å². The van der Waals surface area contributed by atoms with Gasteiger partial charge in [-0.2, -0.15) is 0 Å². The molecular formula is C9H12BrN. The van der Waals surface area contributed by atoms with Gasteiger partial charge in [0.1, 0.15) is 0 Å². The molecule has 0 heterocycles. The SMILES string of the molecule is CCC(N)c1cccc(Br)c1. The van der Waals surface area contributed by atoms with E-state index in [1.165, 1.54) is 5.56 Å². The normalized spacial score (nSPS) is 13.0. The second-order valence-electron chi connectivity index (χ2n) is 2.57. The predicted molar refractivity (Wildman–Crippen MR) is 51.4 cm³/mol. The van der Waals surface area contributed by atoms with E-state index in [1.54, 1.807) is 0 Å². The molecule has 11 heavy (non-hydrogen) atoms. The molecule has 2 N–H and O–H groups in total. The third kappa shape index (κ3) is 2.31. The van der Waals surface area contributed by atoms with Crippen molar-refractivity contribution >= 4 is 15.9 Å². The summed E-state index contributed by atoms with van der Waals surface area (Å²) in [5, 5.41) is 0. The minimum Gasteiger partial charge on any atom is -0.324 e. The maximum atomic E-state index is 5.84. The second-order valence-corrected chi connectivity index (χ2v) is 3.49. The summed E-state index contributed by atoms with van der Waals surface area (Å²) in [7, 11) is 0. The molecule has 0 spiro atoms. The molecule has 0 aliphatic carbocycles. The zero-order valence-corrected chi connectivity index (χ0v) is 8.14. The van der Waals surface area contributed by atoms with Crippen molar-refractivity contribution in [1.29, 1.82) is 0 Å². The molecular weight excluding hydrogens is 202 g/mol. The first-order valence-electron chi connectivity index (χ1n) is 3.75. The third-order valence-electron chi connectivity index (χ3n) is 1.72. The molecule has 0 bridgehead atoms. The molecule has 1 rings (SSSR count). The lowest BCUT2D eigenvalue weighted by Gasteiger charge is -2.08. The van der Waals surface area contributed by atoms with Gasteiger partial charge in [-0.25, -0.2) is 0 Å². The largest absolute Gasteiger partial charge is 0.324 e. The highest BCUT2D eigenvalue weighted by atomic mass is 79.9. The molecule has 60 valence electrons. The van der Waals surface area contributed by atoms with Gasteiger partial charge < -0.3 is 5.73 Å². The summed E-state index contributed by atoms with van der Waals surface area (Å²) >= 11 is 3.40. The van der Waals surface area contributed by atoms with Gasteiger partial charge in [-0.05, 0) is 24.1 Å². The molecule has 0 aromatic heterocycles. The highest BCUT2D eigenvalue weighted by Crippen LogP contribution is 2.18. The number of hydrogen-bond donors (Lipinski definition) is 1. The van der Waals surface area contributed by atoms with Crippen LogP contribution >= 0.6 is 15.9 Å². The second kappa shape index (κ2) is 3.88. The van der Waals surface area contributed by atoms with Gasteiger partial charge in [-0.1, -0.05) is 35.0 Å². The van der Waals surface area contributed by atoms with Crippen LogP contribution in [0.15, 0.2) is 28.7 Å². The van der Waals surface area contributed by atoms with Crippen LogP contribution in [0.3, 0.4) is 0 Å². The van der Waals surface area contributed by atoms with Crippen molar-refractivity contribution in [3.63, 3.8) is 0 Å². The first-order valence-corrected chi connectivity index (χ1v) is 4.54. The van der Waals surface area contributed by atoms with Crippen molar-refractivity contribution in [2.24, 2.45) is 5.73 Å². The third-order valence-corrected chi connectivity index (χ3v) is 2.21. The number of nitrogens with two attached hydrogens (primary N) is 1. The van der Waals surface area contributed by atoms with Gasteiger partial charge in [-0.3, -0.25) is 0 Å². The Morgan fingerprint density at radius 1 is 1.55 bits per heavy atom. The van der Waals surface area contributed by atoms with Crippen LogP contribution in [0.4, 0.5) is 0 Å². The first-order chi connectivity index (χ1) is 5.24. The van der Waals surface area contributed by atoms with E-state index in [1.807, 2.05) is 12.1 Å². The molecule has 0 aliphatic heterocycles. The molecule has 0 fully saturated rings. The van der Waals surface area contributed by atoms with Crippen LogP contribution in [0.2, 0.25) is 0 Å². The fourth-order valence-corrected chi connectivity index (χ4v) is 1.39. The van der Waals surface area contributed by atoms with E-state index in [4.69, 9.17) is 5.73 Å². The maximum absolute atomic E-state index is 5.84. The van der Waals surface area contributed by atoms with Crippen molar-refractivity contribution in [3.05, 3.63) is 34.3 Å². The van der Waals surface area contributed by atoms with Crippen molar-refractivity contribution in [2.45, 2.75) is 19.4 Å². The smallest absolute Gasteiger partial charge is 0.0292 e. The molecule has 2 heteroatoms. The van der Waals surface area contributed by atoms with Crippen LogP contribution in [-0.4, -0.2) is 0 Å². The summed E-state index contributed by atoms with van der Waals surface area (Å²) in [5.41, 5.74) is 7.04. The molecule has 0 saturated heterocycles. The Morgan fingerprint density at radius 2 is 2.27 bits per heavy atom. The van der Waals surface area contributed by atoms with Gasteiger partial charge in [0, 0.05) is 10.5 Å². The van der Waals surface area contributed by atoms with E-state index in [0.29, 0.717) is 0 Å². The maximum Gasteiger partial charge on any atom is 0.0292 e. The quantitative estimate of drug-likeness (QED) is 0.804. The molecule has 1 atom stereocenters. The Hall–Kier alpha value is -0.340. The van der Waals surface area contributed by atoms with Crippen molar-refractivity contribution in [1.82, 2.24) is 0 Å². The van der Waals surface area contributed by atoms with E-state index in [2.05, 4.69) is 35.0 Å². The fraction of sp³-hybridized carbons (Fsp3) is 0.333. The van der Waals surface area contributed by atoms with Gasteiger partial charge in [0.05, 0.1) is 0 Å². The lowest BCUT2D eigenvalue weighted by atomic mass is 10.1. The molecule has 1 unspecified atom stereocenters. The zero-order chi connectivity index (χ0) is 8.27. The Labute approximate surface area is 75.7 Å². The van der Waals surface area contributed by atoms with E-state index < -0.39 is 0 Å². The molecule has 1 aromatic rings. The highest BCUT2D eigenvalue weighted by molar-refractivity contribution is 9.10. The molecule has 0 saturated carbocycles.